The Morgan fingerprint density at radius 1 is 1.28 bits per heavy atom. The lowest BCUT2D eigenvalue weighted by molar-refractivity contribution is -0.122. The van der Waals surface area contributed by atoms with Crippen LogP contribution in [-0.2, 0) is 4.79 Å². The number of amides is 1. The number of benzene rings is 1. The highest BCUT2D eigenvalue weighted by Crippen LogP contribution is 2.30. The third-order valence-corrected chi connectivity index (χ3v) is 3.35. The molecule has 1 aromatic rings. The van der Waals surface area contributed by atoms with Gasteiger partial charge in [-0.25, -0.2) is 0 Å². The zero-order valence-corrected chi connectivity index (χ0v) is 12.3. The van der Waals surface area contributed by atoms with Crippen molar-refractivity contribution in [2.75, 3.05) is 5.32 Å². The number of carbonyl (C=O) groups is 1. The third kappa shape index (κ3) is 4.07. The number of hydrogen-bond donors (Lipinski definition) is 2. The molecule has 0 saturated carbocycles. The summed E-state index contributed by atoms with van der Waals surface area (Å²) in [6.07, 6.45) is 0.894. The van der Waals surface area contributed by atoms with Crippen molar-refractivity contribution < 1.29 is 4.79 Å². The van der Waals surface area contributed by atoms with E-state index in [4.69, 9.17) is 23.2 Å². The van der Waals surface area contributed by atoms with Crippen LogP contribution >= 0.6 is 23.2 Å². The standard InChI is InChI=1S/C13H18Cl2N2O/c1-4-8(2)16-13(18)9(3)17-12-10(14)6-5-7-11(12)15/h5-9,17H,4H2,1-3H3,(H,16,18). The molecule has 0 bridgehead atoms. The SMILES string of the molecule is CCC(C)NC(=O)C(C)Nc1c(Cl)cccc1Cl. The molecule has 0 aliphatic rings. The van der Waals surface area contributed by atoms with Crippen molar-refractivity contribution in [3.05, 3.63) is 28.2 Å². The molecule has 18 heavy (non-hydrogen) atoms. The highest BCUT2D eigenvalue weighted by molar-refractivity contribution is 6.39. The van der Waals surface area contributed by atoms with Gasteiger partial charge in [0.15, 0.2) is 0 Å². The predicted octanol–water partition coefficient (Wildman–Crippen LogP) is 3.71. The number of hydrogen-bond acceptors (Lipinski definition) is 2. The van der Waals surface area contributed by atoms with Crippen LogP contribution in [0.1, 0.15) is 27.2 Å². The van der Waals surface area contributed by atoms with Gasteiger partial charge in [0.1, 0.15) is 6.04 Å². The van der Waals surface area contributed by atoms with E-state index in [-0.39, 0.29) is 11.9 Å². The summed E-state index contributed by atoms with van der Waals surface area (Å²) in [5.41, 5.74) is 0.590. The van der Waals surface area contributed by atoms with E-state index in [2.05, 4.69) is 10.6 Å². The van der Waals surface area contributed by atoms with E-state index in [1.165, 1.54) is 0 Å². The molecule has 1 amide bonds. The molecule has 2 unspecified atom stereocenters. The van der Waals surface area contributed by atoms with Crippen LogP contribution in [0.3, 0.4) is 0 Å². The number of nitrogens with one attached hydrogen (secondary N) is 2. The van der Waals surface area contributed by atoms with Crippen LogP contribution in [0.5, 0.6) is 0 Å². The molecule has 0 fully saturated rings. The van der Waals surface area contributed by atoms with Crippen molar-refractivity contribution >= 4 is 34.8 Å². The molecular weight excluding hydrogens is 271 g/mol. The molecule has 0 heterocycles. The number of anilines is 1. The smallest absolute Gasteiger partial charge is 0.242 e. The Morgan fingerprint density at radius 3 is 2.33 bits per heavy atom. The van der Waals surface area contributed by atoms with Crippen molar-refractivity contribution in [2.24, 2.45) is 0 Å². The maximum absolute atomic E-state index is 11.9. The molecule has 0 aromatic heterocycles. The van der Waals surface area contributed by atoms with E-state index in [0.717, 1.165) is 6.42 Å². The Bertz CT molecular complexity index is 403. The van der Waals surface area contributed by atoms with Gasteiger partial charge in [-0.3, -0.25) is 4.79 Å². The van der Waals surface area contributed by atoms with Crippen LogP contribution in [0.25, 0.3) is 0 Å². The Labute approximate surface area is 118 Å². The molecule has 0 aliphatic carbocycles. The normalized spacial score (nSPS) is 13.8. The van der Waals surface area contributed by atoms with Crippen molar-refractivity contribution in [3.63, 3.8) is 0 Å². The van der Waals surface area contributed by atoms with Gasteiger partial charge in [0, 0.05) is 6.04 Å². The van der Waals surface area contributed by atoms with Crippen molar-refractivity contribution in [1.82, 2.24) is 5.32 Å². The van der Waals surface area contributed by atoms with Gasteiger partial charge in [0.25, 0.3) is 0 Å². The van der Waals surface area contributed by atoms with Gasteiger partial charge in [-0.1, -0.05) is 36.2 Å². The molecular formula is C13H18Cl2N2O. The summed E-state index contributed by atoms with van der Waals surface area (Å²) < 4.78 is 0. The van der Waals surface area contributed by atoms with E-state index >= 15 is 0 Å². The van der Waals surface area contributed by atoms with Crippen LogP contribution in [0.2, 0.25) is 10.0 Å². The van der Waals surface area contributed by atoms with Crippen LogP contribution in [0.15, 0.2) is 18.2 Å². The average molecular weight is 289 g/mol. The molecule has 1 aromatic carbocycles. The minimum absolute atomic E-state index is 0.0691. The Kier molecular flexibility index (Phi) is 5.76. The molecule has 1 rings (SSSR count). The summed E-state index contributed by atoms with van der Waals surface area (Å²) in [5, 5.41) is 6.94. The zero-order valence-electron chi connectivity index (χ0n) is 10.8. The number of carbonyl (C=O) groups excluding carboxylic acids is 1. The first-order valence-electron chi connectivity index (χ1n) is 5.96. The van der Waals surface area contributed by atoms with Crippen LogP contribution in [-0.4, -0.2) is 18.0 Å². The van der Waals surface area contributed by atoms with Gasteiger partial charge in [-0.15, -0.1) is 0 Å². The monoisotopic (exact) mass is 288 g/mol. The Morgan fingerprint density at radius 2 is 1.83 bits per heavy atom. The summed E-state index contributed by atoms with van der Waals surface area (Å²) in [6.45, 7) is 5.76. The zero-order chi connectivity index (χ0) is 13.7. The molecule has 100 valence electrons. The quantitative estimate of drug-likeness (QED) is 0.867. The fourth-order valence-electron chi connectivity index (χ4n) is 1.39. The first-order chi connectivity index (χ1) is 8.45. The predicted molar refractivity (Wildman–Crippen MR) is 77.4 cm³/mol. The van der Waals surface area contributed by atoms with E-state index in [1.807, 2.05) is 13.8 Å². The van der Waals surface area contributed by atoms with E-state index in [0.29, 0.717) is 15.7 Å². The van der Waals surface area contributed by atoms with Crippen LogP contribution in [0.4, 0.5) is 5.69 Å². The fraction of sp³-hybridized carbons (Fsp3) is 0.462. The highest BCUT2D eigenvalue weighted by Gasteiger charge is 2.16. The summed E-state index contributed by atoms with van der Waals surface area (Å²) in [6, 6.07) is 4.99. The molecule has 0 aliphatic heterocycles. The van der Waals surface area contributed by atoms with Crippen molar-refractivity contribution in [2.45, 2.75) is 39.3 Å². The lowest BCUT2D eigenvalue weighted by atomic mass is 10.2. The van der Waals surface area contributed by atoms with Crippen molar-refractivity contribution in [3.8, 4) is 0 Å². The highest BCUT2D eigenvalue weighted by atomic mass is 35.5. The summed E-state index contributed by atoms with van der Waals surface area (Å²) in [4.78, 5) is 11.9. The Balaban J connectivity index is 2.70. The minimum atomic E-state index is -0.392. The maximum atomic E-state index is 11.9. The summed E-state index contributed by atoms with van der Waals surface area (Å²) >= 11 is 12.1. The number of para-hydroxylation sites is 1. The van der Waals surface area contributed by atoms with E-state index < -0.39 is 6.04 Å². The van der Waals surface area contributed by atoms with Gasteiger partial charge in [0.05, 0.1) is 15.7 Å². The van der Waals surface area contributed by atoms with Gasteiger partial charge in [0.2, 0.25) is 5.91 Å². The van der Waals surface area contributed by atoms with E-state index in [9.17, 15) is 4.79 Å². The molecule has 0 saturated heterocycles. The number of rotatable bonds is 5. The van der Waals surface area contributed by atoms with E-state index in [1.54, 1.807) is 25.1 Å². The second-order valence-corrected chi connectivity index (χ2v) is 5.09. The summed E-state index contributed by atoms with van der Waals surface area (Å²) in [5.74, 6) is -0.0691. The molecule has 2 atom stereocenters. The molecule has 2 N–H and O–H groups in total. The molecule has 0 spiro atoms. The van der Waals surface area contributed by atoms with Crippen LogP contribution in [0, 0.1) is 0 Å². The van der Waals surface area contributed by atoms with Crippen molar-refractivity contribution in [1.29, 1.82) is 0 Å². The second kappa shape index (κ2) is 6.86. The van der Waals surface area contributed by atoms with Gasteiger partial charge >= 0.3 is 0 Å². The van der Waals surface area contributed by atoms with Gasteiger partial charge < -0.3 is 10.6 Å². The van der Waals surface area contributed by atoms with Gasteiger partial charge in [-0.05, 0) is 32.4 Å². The Hall–Kier alpha value is -0.930. The fourth-order valence-corrected chi connectivity index (χ4v) is 1.89. The lowest BCUT2D eigenvalue weighted by Gasteiger charge is -2.19. The molecule has 5 heteroatoms. The largest absolute Gasteiger partial charge is 0.371 e. The van der Waals surface area contributed by atoms with Crippen LogP contribution < -0.4 is 10.6 Å². The molecule has 3 nitrogen and oxygen atoms in total. The second-order valence-electron chi connectivity index (χ2n) is 4.28. The summed E-state index contributed by atoms with van der Waals surface area (Å²) in [7, 11) is 0. The molecule has 0 radical (unpaired) electrons. The minimum Gasteiger partial charge on any atom is -0.371 e. The topological polar surface area (TPSA) is 41.1 Å². The third-order valence-electron chi connectivity index (χ3n) is 2.72. The maximum Gasteiger partial charge on any atom is 0.242 e. The number of halogens is 2. The lowest BCUT2D eigenvalue weighted by Crippen LogP contribution is -2.41. The average Bonchev–Trinajstić information content (AvgIpc) is 2.33. The first-order valence-corrected chi connectivity index (χ1v) is 6.72. The van der Waals surface area contributed by atoms with Gasteiger partial charge in [-0.2, -0.15) is 0 Å². The first kappa shape index (κ1) is 15.1.